The fourth-order valence-electron chi connectivity index (χ4n) is 4.04. The summed E-state index contributed by atoms with van der Waals surface area (Å²) in [6.45, 7) is 9.09. The molecule has 3 aromatic rings. The molecule has 0 aromatic heterocycles. The van der Waals surface area contributed by atoms with E-state index < -0.39 is 0 Å². The van der Waals surface area contributed by atoms with Crippen LogP contribution in [0.1, 0.15) is 23.6 Å². The van der Waals surface area contributed by atoms with Crippen molar-refractivity contribution >= 4 is 11.6 Å². The van der Waals surface area contributed by atoms with Gasteiger partial charge in [-0.2, -0.15) is 5.10 Å². The van der Waals surface area contributed by atoms with Gasteiger partial charge in [0.1, 0.15) is 0 Å². The van der Waals surface area contributed by atoms with Gasteiger partial charge in [-0.1, -0.05) is 84.4 Å². The number of amides is 1. The summed E-state index contributed by atoms with van der Waals surface area (Å²) in [7, 11) is 0. The zero-order valence-electron chi connectivity index (χ0n) is 19.5. The van der Waals surface area contributed by atoms with Gasteiger partial charge in [-0.05, 0) is 36.1 Å². The number of rotatable bonds is 7. The molecule has 33 heavy (non-hydrogen) atoms. The van der Waals surface area contributed by atoms with Crippen LogP contribution in [0.3, 0.4) is 0 Å². The van der Waals surface area contributed by atoms with Crippen LogP contribution in [0.4, 0.5) is 0 Å². The maximum absolute atomic E-state index is 12.4. The monoisotopic (exact) mass is 440 g/mol. The Morgan fingerprint density at radius 3 is 2.09 bits per heavy atom. The molecular formula is C28H32N4O. The predicted molar refractivity (Wildman–Crippen MR) is 135 cm³/mol. The van der Waals surface area contributed by atoms with E-state index in [1.165, 1.54) is 16.7 Å². The van der Waals surface area contributed by atoms with Crippen molar-refractivity contribution in [1.29, 1.82) is 0 Å². The Morgan fingerprint density at radius 2 is 1.42 bits per heavy atom. The molecule has 0 saturated carbocycles. The first kappa shape index (κ1) is 22.9. The van der Waals surface area contributed by atoms with Gasteiger partial charge >= 0.3 is 0 Å². The third-order valence-corrected chi connectivity index (χ3v) is 6.12. The largest absolute Gasteiger partial charge is 0.297 e. The van der Waals surface area contributed by atoms with Crippen molar-refractivity contribution in [2.45, 2.75) is 20.4 Å². The Bertz CT molecular complexity index is 1070. The third-order valence-electron chi connectivity index (χ3n) is 6.12. The van der Waals surface area contributed by atoms with Crippen molar-refractivity contribution in [3.8, 4) is 11.1 Å². The van der Waals surface area contributed by atoms with Crippen LogP contribution in [0.25, 0.3) is 11.1 Å². The second-order valence-corrected chi connectivity index (χ2v) is 8.71. The summed E-state index contributed by atoms with van der Waals surface area (Å²) < 4.78 is 0. The summed E-state index contributed by atoms with van der Waals surface area (Å²) in [5.41, 5.74) is 9.50. The number of nitrogens with one attached hydrogen (secondary N) is 1. The molecular weight excluding hydrogens is 408 g/mol. The Labute approximate surface area is 196 Å². The lowest BCUT2D eigenvalue weighted by molar-refractivity contribution is -0.122. The summed E-state index contributed by atoms with van der Waals surface area (Å²) in [4.78, 5) is 17.1. The SMILES string of the molecule is CC(=NNC(=O)CN1CCN(Cc2ccc(C)cc2)CC1)c1ccc(-c2ccccc2)cc1. The van der Waals surface area contributed by atoms with Crippen molar-refractivity contribution in [1.82, 2.24) is 15.2 Å². The molecule has 1 aliphatic heterocycles. The molecule has 0 bridgehead atoms. The minimum absolute atomic E-state index is 0.0674. The highest BCUT2D eigenvalue weighted by Crippen LogP contribution is 2.19. The summed E-state index contributed by atoms with van der Waals surface area (Å²) in [5, 5.41) is 4.32. The van der Waals surface area contributed by atoms with E-state index in [4.69, 9.17) is 0 Å². The van der Waals surface area contributed by atoms with E-state index in [2.05, 4.69) is 75.8 Å². The maximum atomic E-state index is 12.4. The number of aryl methyl sites for hydroxylation is 1. The molecule has 0 aliphatic carbocycles. The van der Waals surface area contributed by atoms with Crippen LogP contribution in [0.2, 0.25) is 0 Å². The van der Waals surface area contributed by atoms with Gasteiger partial charge in [-0.3, -0.25) is 14.6 Å². The van der Waals surface area contributed by atoms with E-state index in [0.717, 1.165) is 49.6 Å². The molecule has 0 radical (unpaired) electrons. The lowest BCUT2D eigenvalue weighted by Crippen LogP contribution is -2.48. The molecule has 5 heteroatoms. The van der Waals surface area contributed by atoms with Crippen LogP contribution in [-0.4, -0.2) is 54.1 Å². The van der Waals surface area contributed by atoms with E-state index in [-0.39, 0.29) is 5.91 Å². The summed E-state index contributed by atoms with van der Waals surface area (Å²) in [6.07, 6.45) is 0. The first-order chi connectivity index (χ1) is 16.1. The molecule has 170 valence electrons. The van der Waals surface area contributed by atoms with E-state index in [0.29, 0.717) is 6.54 Å². The molecule has 1 fully saturated rings. The Morgan fingerprint density at radius 1 is 0.818 bits per heavy atom. The van der Waals surface area contributed by atoms with Gasteiger partial charge in [-0.15, -0.1) is 0 Å². The van der Waals surface area contributed by atoms with Gasteiger partial charge in [0.2, 0.25) is 0 Å². The topological polar surface area (TPSA) is 47.9 Å². The number of benzene rings is 3. The number of carbonyl (C=O) groups is 1. The van der Waals surface area contributed by atoms with Crippen molar-refractivity contribution in [2.75, 3.05) is 32.7 Å². The molecule has 1 aliphatic rings. The number of piperazine rings is 1. The van der Waals surface area contributed by atoms with Gasteiger partial charge in [0.05, 0.1) is 12.3 Å². The quantitative estimate of drug-likeness (QED) is 0.440. The Balaban J connectivity index is 1.22. The van der Waals surface area contributed by atoms with Crippen LogP contribution in [0, 0.1) is 6.92 Å². The zero-order chi connectivity index (χ0) is 23.0. The molecule has 1 saturated heterocycles. The van der Waals surface area contributed by atoms with Crippen molar-refractivity contribution in [3.05, 3.63) is 95.6 Å². The second-order valence-electron chi connectivity index (χ2n) is 8.71. The molecule has 5 nitrogen and oxygen atoms in total. The Hall–Kier alpha value is -3.28. The van der Waals surface area contributed by atoms with Gasteiger partial charge in [-0.25, -0.2) is 5.43 Å². The molecule has 1 N–H and O–H groups in total. The molecule has 4 rings (SSSR count). The lowest BCUT2D eigenvalue weighted by atomic mass is 10.0. The number of carbonyl (C=O) groups excluding carboxylic acids is 1. The first-order valence-electron chi connectivity index (χ1n) is 11.6. The zero-order valence-corrected chi connectivity index (χ0v) is 19.5. The van der Waals surface area contributed by atoms with E-state index in [9.17, 15) is 4.79 Å². The van der Waals surface area contributed by atoms with Crippen LogP contribution in [0.5, 0.6) is 0 Å². The fraction of sp³-hybridized carbons (Fsp3) is 0.286. The average molecular weight is 441 g/mol. The highest BCUT2D eigenvalue weighted by Gasteiger charge is 2.19. The van der Waals surface area contributed by atoms with E-state index in [1.54, 1.807) is 0 Å². The highest BCUT2D eigenvalue weighted by atomic mass is 16.2. The van der Waals surface area contributed by atoms with Gasteiger partial charge in [0.25, 0.3) is 5.91 Å². The first-order valence-corrected chi connectivity index (χ1v) is 11.6. The van der Waals surface area contributed by atoms with Crippen LogP contribution in [0.15, 0.2) is 84.0 Å². The van der Waals surface area contributed by atoms with Gasteiger partial charge in [0.15, 0.2) is 0 Å². The number of hydrogen-bond acceptors (Lipinski definition) is 4. The fourth-order valence-corrected chi connectivity index (χ4v) is 4.04. The van der Waals surface area contributed by atoms with Crippen molar-refractivity contribution in [3.63, 3.8) is 0 Å². The maximum Gasteiger partial charge on any atom is 0.254 e. The van der Waals surface area contributed by atoms with Crippen molar-refractivity contribution < 1.29 is 4.79 Å². The number of nitrogens with zero attached hydrogens (tertiary/aromatic N) is 3. The highest BCUT2D eigenvalue weighted by molar-refractivity contribution is 5.99. The van der Waals surface area contributed by atoms with Crippen molar-refractivity contribution in [2.24, 2.45) is 5.10 Å². The summed E-state index contributed by atoms with van der Waals surface area (Å²) in [6, 6.07) is 27.3. The lowest BCUT2D eigenvalue weighted by Gasteiger charge is -2.34. The van der Waals surface area contributed by atoms with E-state index >= 15 is 0 Å². The molecule has 1 heterocycles. The standard InChI is InChI=1S/C28H32N4O/c1-22-8-10-24(11-9-22)20-31-16-18-32(19-17-31)21-28(33)30-29-23(2)25-12-14-27(15-13-25)26-6-4-3-5-7-26/h3-15H,16-21H2,1-2H3,(H,30,33). The third kappa shape index (κ3) is 6.60. The number of hydrogen-bond donors (Lipinski definition) is 1. The average Bonchev–Trinajstić information content (AvgIpc) is 2.86. The second kappa shape index (κ2) is 11.0. The Kier molecular flexibility index (Phi) is 7.66. The smallest absolute Gasteiger partial charge is 0.254 e. The van der Waals surface area contributed by atoms with Gasteiger partial charge < -0.3 is 0 Å². The molecule has 1 amide bonds. The van der Waals surface area contributed by atoms with Crippen LogP contribution < -0.4 is 5.43 Å². The van der Waals surface area contributed by atoms with Gasteiger partial charge in [0, 0.05) is 32.7 Å². The molecule has 0 spiro atoms. The molecule has 0 unspecified atom stereocenters. The summed E-state index contributed by atoms with van der Waals surface area (Å²) in [5.74, 6) is -0.0674. The van der Waals surface area contributed by atoms with E-state index in [1.807, 2.05) is 37.3 Å². The summed E-state index contributed by atoms with van der Waals surface area (Å²) >= 11 is 0. The molecule has 0 atom stereocenters. The minimum atomic E-state index is -0.0674. The normalized spacial score (nSPS) is 15.4. The van der Waals surface area contributed by atoms with Crippen LogP contribution >= 0.6 is 0 Å². The molecule has 3 aromatic carbocycles. The minimum Gasteiger partial charge on any atom is -0.297 e. The number of hydrazone groups is 1. The van der Waals surface area contributed by atoms with Crippen LogP contribution in [-0.2, 0) is 11.3 Å². The predicted octanol–water partition coefficient (Wildman–Crippen LogP) is 4.32.